The van der Waals surface area contributed by atoms with Gasteiger partial charge in [-0.3, -0.25) is 0 Å². The highest BCUT2D eigenvalue weighted by Crippen LogP contribution is 2.45. The van der Waals surface area contributed by atoms with E-state index in [4.69, 9.17) is 0 Å². The lowest BCUT2D eigenvalue weighted by Gasteiger charge is -2.35. The van der Waals surface area contributed by atoms with Crippen molar-refractivity contribution in [3.63, 3.8) is 0 Å². The van der Waals surface area contributed by atoms with E-state index in [0.29, 0.717) is 0 Å². The summed E-state index contributed by atoms with van der Waals surface area (Å²) in [4.78, 5) is 4.74. The van der Waals surface area contributed by atoms with Gasteiger partial charge in [0.1, 0.15) is 8.07 Å². The number of nitrogens with zero attached hydrogens (tertiary/aromatic N) is 2. The minimum absolute atomic E-state index is 1.12. The Kier molecular flexibility index (Phi) is 9.32. The molecule has 0 N–H and O–H groups in total. The fourth-order valence-corrected chi connectivity index (χ4v) is 13.5. The van der Waals surface area contributed by atoms with E-state index in [1.165, 1.54) is 81.8 Å². The fraction of sp³-hybridized carbons (Fsp3) is 0.0323. The van der Waals surface area contributed by atoms with Crippen molar-refractivity contribution in [2.45, 2.75) is 13.1 Å². The van der Waals surface area contributed by atoms with E-state index in [1.807, 2.05) is 0 Å². The lowest BCUT2D eigenvalue weighted by Crippen LogP contribution is -2.56. The van der Waals surface area contributed by atoms with Gasteiger partial charge in [-0.05, 0) is 161 Å². The number of fused-ring (bicyclic) bond motifs is 6. The molecule has 65 heavy (non-hydrogen) atoms. The molecule has 2 nitrogen and oxygen atoms in total. The van der Waals surface area contributed by atoms with E-state index < -0.39 is 8.07 Å². The monoisotopic (exact) mass is 846 g/mol. The largest absolute Gasteiger partial charge is 0.311 e. The summed E-state index contributed by atoms with van der Waals surface area (Å²) in [5.74, 6) is 0. The first-order valence-corrected chi connectivity index (χ1v) is 25.6. The second kappa shape index (κ2) is 15.7. The van der Waals surface area contributed by atoms with Crippen molar-refractivity contribution in [2.24, 2.45) is 0 Å². The molecule has 0 aromatic heterocycles. The average Bonchev–Trinajstić information content (AvgIpc) is 3.37. The Morgan fingerprint density at radius 3 is 1.29 bits per heavy atom. The molecule has 1 heterocycles. The van der Waals surface area contributed by atoms with Crippen LogP contribution in [0.4, 0.5) is 34.1 Å². The SMILES string of the molecule is C[Si]1(C)c2cc(N(c3ccccc3)c3ccc(-c4ccccc4)cc3)ccc2-c2cc3c4ccccc4c(-c4ccc(N(c5ccccc5)c5ccccc5)cc4)cc3c3cccc1c23. The van der Waals surface area contributed by atoms with Crippen molar-refractivity contribution in [3.05, 3.63) is 243 Å². The summed E-state index contributed by atoms with van der Waals surface area (Å²) in [5.41, 5.74) is 14.4. The van der Waals surface area contributed by atoms with Gasteiger partial charge in [0.25, 0.3) is 0 Å². The van der Waals surface area contributed by atoms with Crippen LogP contribution in [0.2, 0.25) is 13.1 Å². The molecule has 11 aromatic carbocycles. The first-order chi connectivity index (χ1) is 32.0. The van der Waals surface area contributed by atoms with Crippen molar-refractivity contribution in [1.29, 1.82) is 0 Å². The van der Waals surface area contributed by atoms with Crippen LogP contribution in [0.25, 0.3) is 65.7 Å². The van der Waals surface area contributed by atoms with E-state index in [2.05, 4.69) is 266 Å². The maximum atomic E-state index is 2.54. The maximum absolute atomic E-state index is 2.54. The van der Waals surface area contributed by atoms with E-state index in [0.717, 1.165) is 28.4 Å². The zero-order valence-electron chi connectivity index (χ0n) is 36.5. The van der Waals surface area contributed by atoms with Gasteiger partial charge in [-0.25, -0.2) is 0 Å². The lowest BCUT2D eigenvalue weighted by molar-refractivity contribution is 1.28. The Balaban J connectivity index is 0.999. The molecule has 0 spiro atoms. The highest BCUT2D eigenvalue weighted by Gasteiger charge is 2.36. The van der Waals surface area contributed by atoms with Crippen LogP contribution in [-0.4, -0.2) is 8.07 Å². The maximum Gasteiger partial charge on any atom is 0.113 e. The Morgan fingerprint density at radius 1 is 0.262 bits per heavy atom. The van der Waals surface area contributed by atoms with Gasteiger partial charge in [0.05, 0.1) is 0 Å². The van der Waals surface area contributed by atoms with Crippen LogP contribution in [0.15, 0.2) is 243 Å². The highest BCUT2D eigenvalue weighted by molar-refractivity contribution is 7.03. The second-order valence-corrected chi connectivity index (χ2v) is 22.0. The molecule has 0 amide bonds. The first kappa shape index (κ1) is 38.7. The van der Waals surface area contributed by atoms with Gasteiger partial charge in [0, 0.05) is 34.1 Å². The summed E-state index contributed by atoms with van der Waals surface area (Å²) in [6.07, 6.45) is 0. The smallest absolute Gasteiger partial charge is 0.113 e. The van der Waals surface area contributed by atoms with Gasteiger partial charge < -0.3 is 9.80 Å². The predicted octanol–water partition coefficient (Wildman–Crippen LogP) is 16.2. The second-order valence-electron chi connectivity index (χ2n) is 17.7. The van der Waals surface area contributed by atoms with Crippen molar-refractivity contribution >= 4 is 84.9 Å². The molecule has 1 aliphatic heterocycles. The van der Waals surface area contributed by atoms with Crippen LogP contribution < -0.4 is 20.2 Å². The van der Waals surface area contributed by atoms with Crippen LogP contribution in [0.3, 0.4) is 0 Å². The Hall–Kier alpha value is -7.98. The summed E-state index contributed by atoms with van der Waals surface area (Å²) in [5, 5.41) is 10.8. The van der Waals surface area contributed by atoms with Gasteiger partial charge in [-0.15, -0.1) is 0 Å². The molecule has 0 aliphatic carbocycles. The van der Waals surface area contributed by atoms with E-state index >= 15 is 0 Å². The highest BCUT2D eigenvalue weighted by atomic mass is 28.3. The zero-order valence-corrected chi connectivity index (χ0v) is 37.5. The van der Waals surface area contributed by atoms with Crippen LogP contribution in [0, 0.1) is 0 Å². The average molecular weight is 847 g/mol. The molecular formula is C62H46N2Si. The molecule has 0 radical (unpaired) electrons. The molecule has 11 aromatic rings. The number of rotatable bonds is 8. The lowest BCUT2D eigenvalue weighted by atomic mass is 9.87. The summed E-state index contributed by atoms with van der Waals surface area (Å²) in [7, 11) is -2.22. The number of hydrogen-bond donors (Lipinski definition) is 0. The molecule has 12 rings (SSSR count). The van der Waals surface area contributed by atoms with E-state index in [1.54, 1.807) is 0 Å². The van der Waals surface area contributed by atoms with Gasteiger partial charge in [0.2, 0.25) is 0 Å². The van der Waals surface area contributed by atoms with Gasteiger partial charge in [0.15, 0.2) is 0 Å². The van der Waals surface area contributed by atoms with Crippen LogP contribution in [-0.2, 0) is 0 Å². The molecule has 0 bridgehead atoms. The number of anilines is 6. The molecule has 0 saturated carbocycles. The molecule has 1 aliphatic rings. The number of benzene rings is 11. The normalized spacial score (nSPS) is 12.6. The quantitative estimate of drug-likeness (QED) is 0.111. The summed E-state index contributed by atoms with van der Waals surface area (Å²) >= 11 is 0. The standard InChI is InChI=1S/C62H46N2Si/c1-65(2)60-29-17-28-55-58-41-56(45-32-36-49(37-33-45)63(46-20-9-4-10-21-46)47-22-11-5-12-23-47)52-26-15-16-27-53(52)57(58)42-59(62(55)60)54-39-38-51(40-61(54)65)64(48-24-13-6-14-25-48)50-34-30-44(31-35-50)43-18-7-3-8-19-43/h3-42H,1-2H3. The predicted molar refractivity (Wildman–Crippen MR) is 281 cm³/mol. The first-order valence-electron chi connectivity index (χ1n) is 22.6. The van der Waals surface area contributed by atoms with Crippen molar-refractivity contribution in [1.82, 2.24) is 0 Å². The van der Waals surface area contributed by atoms with Gasteiger partial charge in [-0.1, -0.05) is 171 Å². The van der Waals surface area contributed by atoms with Crippen molar-refractivity contribution < 1.29 is 0 Å². The zero-order chi connectivity index (χ0) is 43.5. The molecule has 0 atom stereocenters. The number of para-hydroxylation sites is 3. The van der Waals surface area contributed by atoms with Crippen LogP contribution in [0.5, 0.6) is 0 Å². The van der Waals surface area contributed by atoms with E-state index in [9.17, 15) is 0 Å². The molecule has 308 valence electrons. The Labute approximate surface area is 382 Å². The van der Waals surface area contributed by atoms with E-state index in [-0.39, 0.29) is 0 Å². The summed E-state index contributed by atoms with van der Waals surface area (Å²) in [6, 6.07) is 89.1. The Bertz CT molecular complexity index is 3490. The van der Waals surface area contributed by atoms with Crippen molar-refractivity contribution in [2.75, 3.05) is 9.80 Å². The van der Waals surface area contributed by atoms with Crippen LogP contribution >= 0.6 is 0 Å². The third-order valence-electron chi connectivity index (χ3n) is 13.6. The third kappa shape index (κ3) is 6.55. The Morgan fingerprint density at radius 2 is 0.692 bits per heavy atom. The fourth-order valence-electron chi connectivity index (χ4n) is 10.4. The molecule has 0 unspecified atom stereocenters. The molecular weight excluding hydrogens is 801 g/mol. The third-order valence-corrected chi connectivity index (χ3v) is 17.1. The molecule has 0 fully saturated rings. The summed E-state index contributed by atoms with van der Waals surface area (Å²) < 4.78 is 0. The van der Waals surface area contributed by atoms with Gasteiger partial charge >= 0.3 is 0 Å². The molecule has 0 saturated heterocycles. The molecule has 3 heteroatoms. The topological polar surface area (TPSA) is 6.48 Å². The van der Waals surface area contributed by atoms with Gasteiger partial charge in [-0.2, -0.15) is 0 Å². The minimum Gasteiger partial charge on any atom is -0.311 e. The summed E-state index contributed by atoms with van der Waals surface area (Å²) in [6.45, 7) is 5.08. The van der Waals surface area contributed by atoms with Crippen LogP contribution in [0.1, 0.15) is 0 Å². The van der Waals surface area contributed by atoms with Crippen molar-refractivity contribution in [3.8, 4) is 33.4 Å². The minimum atomic E-state index is -2.22. The number of hydrogen-bond acceptors (Lipinski definition) is 2.